The summed E-state index contributed by atoms with van der Waals surface area (Å²) in [6, 6.07) is 12.3. The number of nitro benzene ring substituents is 1. The Kier molecular flexibility index (Phi) is 5.30. The van der Waals surface area contributed by atoms with Gasteiger partial charge in [-0.05, 0) is 54.7 Å². The Balaban J connectivity index is 1.80. The number of hydrogen-bond donors (Lipinski definition) is 0. The van der Waals surface area contributed by atoms with Gasteiger partial charge in [-0.1, -0.05) is 24.6 Å². The van der Waals surface area contributed by atoms with Gasteiger partial charge in [0.25, 0.3) is 17.5 Å². The van der Waals surface area contributed by atoms with Gasteiger partial charge in [0.05, 0.1) is 16.2 Å². The van der Waals surface area contributed by atoms with E-state index >= 15 is 0 Å². The molecule has 2 aliphatic rings. The fourth-order valence-electron chi connectivity index (χ4n) is 3.90. The zero-order valence-electron chi connectivity index (χ0n) is 16.4. The lowest BCUT2D eigenvalue weighted by atomic mass is 9.97. The van der Waals surface area contributed by atoms with Crippen molar-refractivity contribution < 1.29 is 14.5 Å². The van der Waals surface area contributed by atoms with E-state index in [4.69, 9.17) is 11.6 Å². The molecule has 4 rings (SSSR count). The minimum Gasteiger partial charge on any atom is -0.366 e. The first-order valence-corrected chi connectivity index (χ1v) is 10.1. The second-order valence-electron chi connectivity index (χ2n) is 7.62. The molecule has 0 spiro atoms. The van der Waals surface area contributed by atoms with Crippen LogP contribution in [0.4, 0.5) is 11.4 Å². The monoisotopic (exact) mass is 425 g/mol. The van der Waals surface area contributed by atoms with Crippen LogP contribution < -0.4 is 4.90 Å². The molecule has 0 aliphatic carbocycles. The molecule has 2 aromatic rings. The van der Waals surface area contributed by atoms with Crippen LogP contribution in [-0.2, 0) is 9.59 Å². The first-order valence-electron chi connectivity index (χ1n) is 9.75. The maximum atomic E-state index is 13.4. The topological polar surface area (TPSA) is 83.8 Å². The molecule has 0 bridgehead atoms. The van der Waals surface area contributed by atoms with Crippen molar-refractivity contribution in [3.63, 3.8) is 0 Å². The Hall–Kier alpha value is -3.19. The van der Waals surface area contributed by atoms with Crippen molar-refractivity contribution >= 4 is 40.4 Å². The van der Waals surface area contributed by atoms with Crippen molar-refractivity contribution in [2.75, 3.05) is 18.0 Å². The van der Waals surface area contributed by atoms with E-state index in [0.29, 0.717) is 41.0 Å². The molecule has 0 radical (unpaired) electrons. The Morgan fingerprint density at radius 2 is 1.70 bits per heavy atom. The zero-order valence-corrected chi connectivity index (χ0v) is 17.1. The van der Waals surface area contributed by atoms with Crippen molar-refractivity contribution in [2.45, 2.75) is 19.8 Å². The summed E-state index contributed by atoms with van der Waals surface area (Å²) in [5.74, 6) is -0.296. The van der Waals surface area contributed by atoms with Crippen molar-refractivity contribution in [3.05, 3.63) is 74.9 Å². The number of non-ortho nitro benzene ring substituents is 1. The molecule has 1 saturated heterocycles. The second kappa shape index (κ2) is 7.91. The molecule has 2 amide bonds. The molecule has 30 heavy (non-hydrogen) atoms. The van der Waals surface area contributed by atoms with Crippen molar-refractivity contribution in [3.8, 4) is 0 Å². The summed E-state index contributed by atoms with van der Waals surface area (Å²) < 4.78 is 0. The van der Waals surface area contributed by atoms with Crippen LogP contribution >= 0.6 is 11.6 Å². The fraction of sp³-hybridized carbons (Fsp3) is 0.273. The number of benzene rings is 2. The summed E-state index contributed by atoms with van der Waals surface area (Å²) in [5, 5.41) is 11.4. The van der Waals surface area contributed by atoms with E-state index < -0.39 is 16.7 Å². The number of amides is 2. The number of rotatable bonds is 4. The first kappa shape index (κ1) is 20.1. The van der Waals surface area contributed by atoms with Crippen LogP contribution in [0.2, 0.25) is 5.02 Å². The summed E-state index contributed by atoms with van der Waals surface area (Å²) in [6.45, 7) is 3.52. The molecule has 0 N–H and O–H groups in total. The van der Waals surface area contributed by atoms with Gasteiger partial charge in [0.2, 0.25) is 0 Å². The van der Waals surface area contributed by atoms with Crippen LogP contribution in [-0.4, -0.2) is 34.7 Å². The molecule has 0 aromatic heterocycles. The number of halogens is 1. The molecule has 0 saturated carbocycles. The van der Waals surface area contributed by atoms with E-state index in [1.807, 2.05) is 4.90 Å². The van der Waals surface area contributed by atoms with Crippen LogP contribution in [0.5, 0.6) is 0 Å². The molecular weight excluding hydrogens is 406 g/mol. The molecule has 0 unspecified atom stereocenters. The van der Waals surface area contributed by atoms with Gasteiger partial charge in [-0.2, -0.15) is 0 Å². The number of carbonyl (C=O) groups excluding carboxylic acids is 2. The highest BCUT2D eigenvalue weighted by atomic mass is 35.5. The van der Waals surface area contributed by atoms with Crippen molar-refractivity contribution in [1.82, 2.24) is 4.90 Å². The minimum atomic E-state index is -0.495. The van der Waals surface area contributed by atoms with E-state index in [0.717, 1.165) is 17.7 Å². The van der Waals surface area contributed by atoms with E-state index in [9.17, 15) is 19.7 Å². The summed E-state index contributed by atoms with van der Waals surface area (Å²) in [5.41, 5.74) is 1.43. The molecule has 2 aromatic carbocycles. The summed E-state index contributed by atoms with van der Waals surface area (Å²) in [6.07, 6.45) is 1.85. The zero-order chi connectivity index (χ0) is 21.4. The fourth-order valence-corrected chi connectivity index (χ4v) is 4.09. The van der Waals surface area contributed by atoms with Crippen LogP contribution in [0.25, 0.3) is 5.57 Å². The van der Waals surface area contributed by atoms with Gasteiger partial charge in [-0.15, -0.1) is 0 Å². The molecule has 2 heterocycles. The van der Waals surface area contributed by atoms with Gasteiger partial charge < -0.3 is 4.90 Å². The Labute approximate surface area is 178 Å². The van der Waals surface area contributed by atoms with E-state index in [1.165, 1.54) is 24.3 Å². The number of likely N-dealkylation sites (tertiary alicyclic amines) is 1. The summed E-state index contributed by atoms with van der Waals surface area (Å²) in [7, 11) is 0. The predicted molar refractivity (Wildman–Crippen MR) is 114 cm³/mol. The summed E-state index contributed by atoms with van der Waals surface area (Å²) in [4.78, 5) is 40.4. The number of carbonyl (C=O) groups is 2. The molecule has 1 fully saturated rings. The Morgan fingerprint density at radius 3 is 2.30 bits per heavy atom. The quantitative estimate of drug-likeness (QED) is 0.415. The van der Waals surface area contributed by atoms with Gasteiger partial charge in [0, 0.05) is 30.2 Å². The van der Waals surface area contributed by atoms with Crippen LogP contribution in [0.15, 0.2) is 54.2 Å². The van der Waals surface area contributed by atoms with Gasteiger partial charge >= 0.3 is 0 Å². The Bertz CT molecular complexity index is 1060. The number of piperidine rings is 1. The molecule has 0 atom stereocenters. The summed E-state index contributed by atoms with van der Waals surface area (Å²) >= 11 is 6.08. The lowest BCUT2D eigenvalue weighted by molar-refractivity contribution is -0.384. The number of nitrogens with zero attached hydrogens (tertiary/aromatic N) is 3. The number of anilines is 1. The van der Waals surface area contributed by atoms with Gasteiger partial charge in [-0.25, -0.2) is 4.90 Å². The SMILES string of the molecule is CC1CCN(C2=C(c3ccc([N+](=O)[O-])cc3)C(=O)N(c3cccc(Cl)c3)C2=O)CC1. The molecule has 8 heteroatoms. The van der Waals surface area contributed by atoms with Crippen LogP contribution in [0.3, 0.4) is 0 Å². The average Bonchev–Trinajstić information content (AvgIpc) is 2.99. The third-order valence-electron chi connectivity index (χ3n) is 5.59. The van der Waals surface area contributed by atoms with E-state index in [-0.39, 0.29) is 11.3 Å². The van der Waals surface area contributed by atoms with Crippen LogP contribution in [0, 0.1) is 16.0 Å². The van der Waals surface area contributed by atoms with E-state index in [2.05, 4.69) is 6.92 Å². The highest BCUT2D eigenvalue weighted by Gasteiger charge is 2.43. The molecular formula is C22H20ClN3O4. The van der Waals surface area contributed by atoms with Crippen molar-refractivity contribution in [2.24, 2.45) is 5.92 Å². The third-order valence-corrected chi connectivity index (χ3v) is 5.83. The predicted octanol–water partition coefficient (Wildman–Crippen LogP) is 4.26. The normalized spacial score (nSPS) is 17.8. The van der Waals surface area contributed by atoms with Gasteiger partial charge in [0.15, 0.2) is 0 Å². The lowest BCUT2D eigenvalue weighted by Gasteiger charge is -2.32. The largest absolute Gasteiger partial charge is 0.366 e. The number of nitro groups is 1. The molecule has 154 valence electrons. The first-order chi connectivity index (χ1) is 14.4. The number of hydrogen-bond acceptors (Lipinski definition) is 5. The maximum absolute atomic E-state index is 13.4. The smallest absolute Gasteiger partial charge is 0.282 e. The standard InChI is InChI=1S/C22H20ClN3O4/c1-14-9-11-24(12-10-14)20-19(15-5-7-17(8-6-15)26(29)30)21(27)25(22(20)28)18-4-2-3-16(23)13-18/h2-8,13-14H,9-12H2,1H3. The third kappa shape index (κ3) is 3.57. The second-order valence-corrected chi connectivity index (χ2v) is 8.06. The minimum absolute atomic E-state index is 0.0730. The average molecular weight is 426 g/mol. The highest BCUT2D eigenvalue weighted by Crippen LogP contribution is 2.37. The highest BCUT2D eigenvalue weighted by molar-refractivity contribution is 6.45. The van der Waals surface area contributed by atoms with Gasteiger partial charge in [-0.3, -0.25) is 19.7 Å². The molecule has 7 nitrogen and oxygen atoms in total. The van der Waals surface area contributed by atoms with Gasteiger partial charge in [0.1, 0.15) is 5.70 Å². The van der Waals surface area contributed by atoms with E-state index in [1.54, 1.807) is 24.3 Å². The maximum Gasteiger partial charge on any atom is 0.282 e. The van der Waals surface area contributed by atoms with Crippen LogP contribution in [0.1, 0.15) is 25.3 Å². The molecule has 2 aliphatic heterocycles. The Morgan fingerprint density at radius 1 is 1.03 bits per heavy atom. The number of imide groups is 1. The lowest BCUT2D eigenvalue weighted by Crippen LogP contribution is -2.38. The van der Waals surface area contributed by atoms with Crippen molar-refractivity contribution in [1.29, 1.82) is 0 Å².